The van der Waals surface area contributed by atoms with Gasteiger partial charge < -0.3 is 19.1 Å². The van der Waals surface area contributed by atoms with Crippen molar-refractivity contribution in [2.45, 2.75) is 70.6 Å². The number of hydrogen-bond acceptors (Lipinski definition) is 5. The Hall–Kier alpha value is -3.09. The summed E-state index contributed by atoms with van der Waals surface area (Å²) in [4.78, 5) is 26.8. The SMILES string of the molecule is COc1ccc(CN2CC(Oc3cc(F)c(C(=O)OC(C)(C)C)cc3C3CC3)CCC2=O)cc1. The van der Waals surface area contributed by atoms with E-state index in [-0.39, 0.29) is 23.5 Å². The lowest BCUT2D eigenvalue weighted by Crippen LogP contribution is -2.44. The number of ether oxygens (including phenoxy) is 3. The van der Waals surface area contributed by atoms with Crippen LogP contribution in [-0.4, -0.2) is 42.1 Å². The number of nitrogens with zero attached hydrogens (tertiary/aromatic N) is 1. The number of halogens is 1. The number of carbonyl (C=O) groups excluding carboxylic acids is 2. The van der Waals surface area contributed by atoms with E-state index in [9.17, 15) is 14.0 Å². The summed E-state index contributed by atoms with van der Waals surface area (Å²) in [6.45, 7) is 6.16. The van der Waals surface area contributed by atoms with Crippen molar-refractivity contribution in [3.05, 3.63) is 58.9 Å². The van der Waals surface area contributed by atoms with Gasteiger partial charge in [-0.2, -0.15) is 0 Å². The van der Waals surface area contributed by atoms with Crippen molar-refractivity contribution in [2.75, 3.05) is 13.7 Å². The van der Waals surface area contributed by atoms with Crippen LogP contribution in [0.15, 0.2) is 36.4 Å². The molecule has 4 rings (SSSR count). The third-order valence-corrected chi connectivity index (χ3v) is 6.02. The topological polar surface area (TPSA) is 65.1 Å². The Bertz CT molecular complexity index is 1060. The molecular weight excluding hydrogens is 437 g/mol. The quantitative estimate of drug-likeness (QED) is 0.519. The summed E-state index contributed by atoms with van der Waals surface area (Å²) in [5.74, 6) is 0.209. The molecule has 1 heterocycles. The first-order valence-electron chi connectivity index (χ1n) is 11.8. The highest BCUT2D eigenvalue weighted by atomic mass is 19.1. The van der Waals surface area contributed by atoms with Gasteiger partial charge in [0.2, 0.25) is 5.91 Å². The third-order valence-electron chi connectivity index (χ3n) is 6.02. The molecule has 1 aliphatic carbocycles. The summed E-state index contributed by atoms with van der Waals surface area (Å²) in [7, 11) is 1.61. The lowest BCUT2D eigenvalue weighted by atomic mass is 10.0. The van der Waals surface area contributed by atoms with E-state index in [0.29, 0.717) is 31.7 Å². The predicted molar refractivity (Wildman–Crippen MR) is 126 cm³/mol. The first-order valence-corrected chi connectivity index (χ1v) is 11.8. The molecule has 1 amide bonds. The second-order valence-electron chi connectivity index (χ2n) is 10.0. The lowest BCUT2D eigenvalue weighted by Gasteiger charge is -2.33. The van der Waals surface area contributed by atoms with Gasteiger partial charge in [-0.15, -0.1) is 0 Å². The zero-order valence-corrected chi connectivity index (χ0v) is 20.2. The molecule has 6 nitrogen and oxygen atoms in total. The van der Waals surface area contributed by atoms with Gasteiger partial charge in [0, 0.05) is 19.0 Å². The van der Waals surface area contributed by atoms with Gasteiger partial charge >= 0.3 is 5.97 Å². The molecule has 0 bridgehead atoms. The largest absolute Gasteiger partial charge is 0.497 e. The van der Waals surface area contributed by atoms with Crippen LogP contribution in [0.4, 0.5) is 4.39 Å². The van der Waals surface area contributed by atoms with Gasteiger partial charge in [-0.3, -0.25) is 4.79 Å². The van der Waals surface area contributed by atoms with Crippen molar-refractivity contribution in [3.8, 4) is 11.5 Å². The average molecular weight is 470 g/mol. The zero-order chi connectivity index (χ0) is 24.5. The van der Waals surface area contributed by atoms with Crippen LogP contribution in [0.1, 0.15) is 73.9 Å². The van der Waals surface area contributed by atoms with Gasteiger partial charge in [0.05, 0.1) is 19.2 Å². The minimum atomic E-state index is -0.708. The standard InChI is InChI=1S/C27H32FNO5/c1-27(2,3)34-26(31)22-13-21(18-7-8-18)24(14-23(22)28)33-20-11-12-25(30)29(16-20)15-17-5-9-19(32-4)10-6-17/h5-6,9-10,13-14,18,20H,7-8,11-12,15-16H2,1-4H3. The first kappa shape index (κ1) is 24.0. The van der Waals surface area contributed by atoms with Crippen LogP contribution in [-0.2, 0) is 16.1 Å². The van der Waals surface area contributed by atoms with E-state index in [1.807, 2.05) is 24.3 Å². The first-order chi connectivity index (χ1) is 16.1. The molecule has 0 spiro atoms. The summed E-state index contributed by atoms with van der Waals surface area (Å²) in [5, 5.41) is 0. The Kier molecular flexibility index (Phi) is 6.82. The molecular formula is C27H32FNO5. The van der Waals surface area contributed by atoms with E-state index >= 15 is 0 Å². The maximum absolute atomic E-state index is 14.9. The number of carbonyl (C=O) groups is 2. The van der Waals surface area contributed by atoms with Gasteiger partial charge in [-0.1, -0.05) is 12.1 Å². The van der Waals surface area contributed by atoms with E-state index in [2.05, 4.69) is 0 Å². The normalized spacial score (nSPS) is 18.6. The van der Waals surface area contributed by atoms with Crippen molar-refractivity contribution in [1.82, 2.24) is 4.90 Å². The van der Waals surface area contributed by atoms with Crippen LogP contribution in [0, 0.1) is 5.82 Å². The molecule has 0 aromatic heterocycles. The number of rotatable bonds is 7. The van der Waals surface area contributed by atoms with Crippen molar-refractivity contribution >= 4 is 11.9 Å². The van der Waals surface area contributed by atoms with Gasteiger partial charge in [0.1, 0.15) is 29.0 Å². The Morgan fingerprint density at radius 2 is 1.82 bits per heavy atom. The molecule has 2 aliphatic rings. The van der Waals surface area contributed by atoms with Crippen LogP contribution < -0.4 is 9.47 Å². The molecule has 1 atom stereocenters. The molecule has 1 saturated carbocycles. The third kappa shape index (κ3) is 5.88. The summed E-state index contributed by atoms with van der Waals surface area (Å²) < 4.78 is 31.7. The fraction of sp³-hybridized carbons (Fsp3) is 0.481. The molecule has 1 unspecified atom stereocenters. The second kappa shape index (κ2) is 9.65. The fourth-order valence-corrected chi connectivity index (χ4v) is 4.14. The number of benzene rings is 2. The fourth-order valence-electron chi connectivity index (χ4n) is 4.14. The maximum atomic E-state index is 14.9. The molecule has 7 heteroatoms. The number of hydrogen-bond donors (Lipinski definition) is 0. The molecule has 0 N–H and O–H groups in total. The predicted octanol–water partition coefficient (Wildman–Crippen LogP) is 5.24. The number of likely N-dealkylation sites (tertiary alicyclic amines) is 1. The van der Waals surface area contributed by atoms with Crippen molar-refractivity contribution in [1.29, 1.82) is 0 Å². The number of piperidine rings is 1. The monoisotopic (exact) mass is 469 g/mol. The van der Waals surface area contributed by atoms with Gasteiger partial charge in [-0.25, -0.2) is 9.18 Å². The van der Waals surface area contributed by atoms with Crippen molar-refractivity contribution < 1.29 is 28.2 Å². The van der Waals surface area contributed by atoms with E-state index in [1.54, 1.807) is 38.8 Å². The van der Waals surface area contributed by atoms with E-state index in [4.69, 9.17) is 14.2 Å². The van der Waals surface area contributed by atoms with Crippen molar-refractivity contribution in [2.24, 2.45) is 0 Å². The maximum Gasteiger partial charge on any atom is 0.341 e. The van der Waals surface area contributed by atoms with Crippen molar-refractivity contribution in [3.63, 3.8) is 0 Å². The Labute approximate surface area is 200 Å². The lowest BCUT2D eigenvalue weighted by molar-refractivity contribution is -0.136. The number of methoxy groups -OCH3 is 1. The Balaban J connectivity index is 1.49. The molecule has 182 valence electrons. The van der Waals surface area contributed by atoms with E-state index < -0.39 is 17.4 Å². The molecule has 0 radical (unpaired) electrons. The highest BCUT2D eigenvalue weighted by Crippen LogP contribution is 2.45. The minimum absolute atomic E-state index is 0.0656. The summed E-state index contributed by atoms with van der Waals surface area (Å²) in [6, 6.07) is 10.5. The Morgan fingerprint density at radius 3 is 2.44 bits per heavy atom. The van der Waals surface area contributed by atoms with Crippen LogP contribution in [0.3, 0.4) is 0 Å². The van der Waals surface area contributed by atoms with E-state index in [1.165, 1.54) is 6.07 Å². The molecule has 1 aliphatic heterocycles. The van der Waals surface area contributed by atoms with Crippen LogP contribution in [0.5, 0.6) is 11.5 Å². The van der Waals surface area contributed by atoms with Gasteiger partial charge in [-0.05, 0) is 75.3 Å². The molecule has 1 saturated heterocycles. The molecule has 2 aromatic rings. The Morgan fingerprint density at radius 1 is 1.12 bits per heavy atom. The van der Waals surface area contributed by atoms with Crippen LogP contribution in [0.25, 0.3) is 0 Å². The molecule has 34 heavy (non-hydrogen) atoms. The summed E-state index contributed by atoms with van der Waals surface area (Å²) >= 11 is 0. The smallest absolute Gasteiger partial charge is 0.341 e. The second-order valence-corrected chi connectivity index (χ2v) is 10.0. The minimum Gasteiger partial charge on any atom is -0.497 e. The molecule has 2 aromatic carbocycles. The van der Waals surface area contributed by atoms with Gasteiger partial charge in [0.25, 0.3) is 0 Å². The number of amides is 1. The average Bonchev–Trinajstić information content (AvgIpc) is 3.61. The zero-order valence-electron chi connectivity index (χ0n) is 20.2. The van der Waals surface area contributed by atoms with Gasteiger partial charge in [0.15, 0.2) is 0 Å². The highest BCUT2D eigenvalue weighted by molar-refractivity contribution is 5.90. The van der Waals surface area contributed by atoms with Crippen LogP contribution in [0.2, 0.25) is 0 Å². The summed E-state index contributed by atoms with van der Waals surface area (Å²) in [6.07, 6.45) is 2.64. The highest BCUT2D eigenvalue weighted by Gasteiger charge is 2.33. The summed E-state index contributed by atoms with van der Waals surface area (Å²) in [5.41, 5.74) is 1.06. The van der Waals surface area contributed by atoms with E-state index in [0.717, 1.165) is 29.7 Å². The number of esters is 1. The molecule has 2 fully saturated rings. The van der Waals surface area contributed by atoms with Crippen LogP contribution >= 0.6 is 0 Å².